The summed E-state index contributed by atoms with van der Waals surface area (Å²) in [6, 6.07) is 2.36. The van der Waals surface area contributed by atoms with Gasteiger partial charge in [0.25, 0.3) is 0 Å². The Bertz CT molecular complexity index is 856. The first kappa shape index (κ1) is 17.4. The molecule has 0 saturated carbocycles. The maximum absolute atomic E-state index is 14.5. The van der Waals surface area contributed by atoms with Gasteiger partial charge >= 0.3 is 0 Å². The molecule has 1 aromatic heterocycles. The normalized spacial score (nSPS) is 17.2. The summed E-state index contributed by atoms with van der Waals surface area (Å²) in [7, 11) is -0.958. The molecule has 132 valence electrons. The molecule has 1 amide bonds. The van der Waals surface area contributed by atoms with E-state index < -0.39 is 22.4 Å². The van der Waals surface area contributed by atoms with Crippen LogP contribution in [0.15, 0.2) is 24.4 Å². The van der Waals surface area contributed by atoms with Gasteiger partial charge in [0.05, 0.1) is 18.4 Å². The molecule has 1 unspecified atom stereocenters. The van der Waals surface area contributed by atoms with E-state index >= 15 is 0 Å². The van der Waals surface area contributed by atoms with E-state index in [1.165, 1.54) is 29.9 Å². The fourth-order valence-corrected chi connectivity index (χ4v) is 3.55. The summed E-state index contributed by atoms with van der Waals surface area (Å²) in [5.74, 6) is -0.897. The summed E-state index contributed by atoms with van der Waals surface area (Å²) in [5.41, 5.74) is 1.11. The lowest BCUT2D eigenvalue weighted by atomic mass is 10.0. The first-order valence-electron chi connectivity index (χ1n) is 7.63. The highest BCUT2D eigenvalue weighted by atomic mass is 32.2. The van der Waals surface area contributed by atoms with Crippen molar-refractivity contribution in [3.63, 3.8) is 0 Å². The van der Waals surface area contributed by atoms with Gasteiger partial charge in [0.15, 0.2) is 0 Å². The van der Waals surface area contributed by atoms with Crippen LogP contribution < -0.4 is 5.32 Å². The van der Waals surface area contributed by atoms with Crippen LogP contribution in [0.5, 0.6) is 0 Å². The van der Waals surface area contributed by atoms with Gasteiger partial charge in [-0.1, -0.05) is 11.3 Å². The third-order valence-electron chi connectivity index (χ3n) is 3.79. The number of allylic oxidation sites excluding steroid dienone is 1. The number of nitrogens with zero attached hydrogens (tertiary/aromatic N) is 3. The van der Waals surface area contributed by atoms with Crippen LogP contribution in [0.3, 0.4) is 0 Å². The van der Waals surface area contributed by atoms with Gasteiger partial charge < -0.3 is 5.32 Å². The number of amides is 1. The minimum atomic E-state index is -0.958. The van der Waals surface area contributed by atoms with Crippen LogP contribution in [0, 0.1) is 11.6 Å². The second kappa shape index (κ2) is 7.22. The Morgan fingerprint density at radius 3 is 2.68 bits per heavy atom. The second-order valence-corrected chi connectivity index (χ2v) is 7.26. The highest BCUT2D eigenvalue weighted by Gasteiger charge is 2.19. The van der Waals surface area contributed by atoms with Crippen LogP contribution >= 0.6 is 0 Å². The molecule has 3 rings (SSSR count). The van der Waals surface area contributed by atoms with E-state index in [1.54, 1.807) is 6.08 Å². The molecule has 0 aliphatic carbocycles. The molecular formula is C16H16F2N4O2S. The lowest BCUT2D eigenvalue weighted by Gasteiger charge is -2.15. The third-order valence-corrected chi connectivity index (χ3v) is 4.98. The fraction of sp³-hybridized carbons (Fsp3) is 0.312. The highest BCUT2D eigenvalue weighted by Crippen LogP contribution is 2.29. The monoisotopic (exact) mass is 366 g/mol. The molecule has 1 atom stereocenters. The molecule has 0 fully saturated rings. The van der Waals surface area contributed by atoms with Crippen molar-refractivity contribution in [3.8, 4) is 5.69 Å². The average Bonchev–Trinajstić information content (AvgIpc) is 3.03. The number of hydrogen-bond acceptors (Lipinski definition) is 4. The topological polar surface area (TPSA) is 76.9 Å². The van der Waals surface area contributed by atoms with Crippen molar-refractivity contribution in [3.05, 3.63) is 47.3 Å². The Balaban J connectivity index is 1.87. The Hall–Kier alpha value is -2.42. The molecule has 9 heteroatoms. The third kappa shape index (κ3) is 3.98. The minimum absolute atomic E-state index is 0.0842. The zero-order chi connectivity index (χ0) is 18.0. The van der Waals surface area contributed by atoms with E-state index in [-0.39, 0.29) is 23.7 Å². The van der Waals surface area contributed by atoms with Crippen molar-refractivity contribution >= 4 is 22.3 Å². The number of hydrogen-bond donors (Lipinski definition) is 1. The van der Waals surface area contributed by atoms with Crippen LogP contribution in [-0.2, 0) is 22.1 Å². The molecule has 1 aromatic carbocycles. The number of carbonyl (C=O) groups excluding carboxylic acids is 1. The predicted octanol–water partition coefficient (Wildman–Crippen LogP) is 1.72. The van der Waals surface area contributed by atoms with Crippen molar-refractivity contribution in [2.75, 3.05) is 11.5 Å². The zero-order valence-corrected chi connectivity index (χ0v) is 14.3. The molecule has 2 aromatic rings. The van der Waals surface area contributed by atoms with Gasteiger partial charge in [-0.3, -0.25) is 9.00 Å². The lowest BCUT2D eigenvalue weighted by Crippen LogP contribution is -2.19. The molecule has 6 nitrogen and oxygen atoms in total. The van der Waals surface area contributed by atoms with Crippen LogP contribution in [0.4, 0.5) is 8.78 Å². The molecule has 2 heterocycles. The average molecular weight is 366 g/mol. The molecule has 1 aliphatic rings. The van der Waals surface area contributed by atoms with E-state index in [0.717, 1.165) is 0 Å². The van der Waals surface area contributed by atoms with E-state index in [2.05, 4.69) is 15.6 Å². The van der Waals surface area contributed by atoms with Crippen molar-refractivity contribution in [1.82, 2.24) is 20.3 Å². The van der Waals surface area contributed by atoms with E-state index in [0.29, 0.717) is 29.2 Å². The Labute approximate surface area is 145 Å². The molecule has 25 heavy (non-hydrogen) atoms. The van der Waals surface area contributed by atoms with Crippen molar-refractivity contribution in [2.45, 2.75) is 19.9 Å². The van der Waals surface area contributed by atoms with Gasteiger partial charge in [-0.05, 0) is 12.0 Å². The summed E-state index contributed by atoms with van der Waals surface area (Å²) in [6.07, 6.45) is 3.50. The zero-order valence-electron chi connectivity index (χ0n) is 13.5. The van der Waals surface area contributed by atoms with Crippen molar-refractivity contribution in [1.29, 1.82) is 0 Å². The van der Waals surface area contributed by atoms with Crippen LogP contribution in [0.25, 0.3) is 11.3 Å². The Morgan fingerprint density at radius 2 is 2.08 bits per heavy atom. The summed E-state index contributed by atoms with van der Waals surface area (Å²) in [4.78, 5) is 10.9. The number of benzene rings is 1. The van der Waals surface area contributed by atoms with Crippen LogP contribution in [-0.4, -0.2) is 36.6 Å². The summed E-state index contributed by atoms with van der Waals surface area (Å²) in [6.45, 7) is 1.56. The SMILES string of the molecule is CC(=O)NCc1cn(-c2cc(F)c(C3=CCS(=O)CC3)c(F)c2)nn1. The molecule has 1 N–H and O–H groups in total. The van der Waals surface area contributed by atoms with E-state index in [1.807, 2.05) is 0 Å². The highest BCUT2D eigenvalue weighted by molar-refractivity contribution is 7.85. The molecule has 0 spiro atoms. The number of nitrogens with one attached hydrogen (secondary N) is 1. The van der Waals surface area contributed by atoms with Gasteiger partial charge in [-0.15, -0.1) is 5.10 Å². The van der Waals surface area contributed by atoms with Gasteiger partial charge in [0.2, 0.25) is 5.91 Å². The lowest BCUT2D eigenvalue weighted by molar-refractivity contribution is -0.119. The largest absolute Gasteiger partial charge is 0.351 e. The van der Waals surface area contributed by atoms with Gasteiger partial charge in [0, 0.05) is 46.9 Å². The first-order chi connectivity index (χ1) is 11.9. The summed E-state index contributed by atoms with van der Waals surface area (Å²) in [5, 5.41) is 10.2. The van der Waals surface area contributed by atoms with Crippen LogP contribution in [0.1, 0.15) is 24.6 Å². The van der Waals surface area contributed by atoms with Gasteiger partial charge in [0.1, 0.15) is 17.3 Å². The summed E-state index contributed by atoms with van der Waals surface area (Å²) < 4.78 is 41.6. The number of aromatic nitrogens is 3. The van der Waals surface area contributed by atoms with E-state index in [9.17, 15) is 17.8 Å². The van der Waals surface area contributed by atoms with Gasteiger partial charge in [-0.25, -0.2) is 13.5 Å². The standard InChI is InChI=1S/C16H16F2N4O2S/c1-10(23)19-8-12-9-22(21-20-12)13-6-14(17)16(15(18)7-13)11-2-4-25(24)5-3-11/h2,6-7,9H,3-5,8H2,1H3,(H,19,23). The smallest absolute Gasteiger partial charge is 0.217 e. The van der Waals surface area contributed by atoms with Crippen LogP contribution in [0.2, 0.25) is 0 Å². The maximum Gasteiger partial charge on any atom is 0.217 e. The Kier molecular flexibility index (Phi) is 5.03. The first-order valence-corrected chi connectivity index (χ1v) is 9.12. The number of carbonyl (C=O) groups is 1. The van der Waals surface area contributed by atoms with Crippen molar-refractivity contribution in [2.24, 2.45) is 0 Å². The molecular weight excluding hydrogens is 350 g/mol. The van der Waals surface area contributed by atoms with Gasteiger partial charge in [-0.2, -0.15) is 0 Å². The summed E-state index contributed by atoms with van der Waals surface area (Å²) >= 11 is 0. The Morgan fingerprint density at radius 1 is 1.36 bits per heavy atom. The second-order valence-electron chi connectivity index (χ2n) is 5.64. The number of halogens is 2. The molecule has 1 aliphatic heterocycles. The van der Waals surface area contributed by atoms with E-state index in [4.69, 9.17) is 0 Å². The molecule has 0 saturated heterocycles. The molecule has 0 bridgehead atoms. The predicted molar refractivity (Wildman–Crippen MR) is 89.3 cm³/mol. The van der Waals surface area contributed by atoms with Crippen molar-refractivity contribution < 1.29 is 17.8 Å². The minimum Gasteiger partial charge on any atom is -0.351 e. The fourth-order valence-electron chi connectivity index (χ4n) is 2.55. The number of rotatable bonds is 4. The maximum atomic E-state index is 14.5. The quantitative estimate of drug-likeness (QED) is 0.894. The molecule has 0 radical (unpaired) electrons.